The third-order valence-electron chi connectivity index (χ3n) is 7.84. The standard InChI is InChI=1S/C22H29FN10O9P2S2/c1-22(14(42-43(36)45)12(38-2)19(41-22)32-6-28-10-15(24)26-5-27-16(10)32)4-39-44(37,46)13-9(23)8(3-34)40-20(13)33-7-29-11-17(33)30-21(25)31-18(11)35/h5-9,12-14,19-20,34,43H,3-4H2,1-2H3,(H,36,45)(H,37,46)(H2,24,26,27)(H3,25,30,31,35)/t8-,9+,12-,13-,14+,19-,20-,22?,44?/m1/s1. The van der Waals surface area contributed by atoms with Crippen LogP contribution in [-0.4, -0.2) is 110 Å². The molecule has 0 aromatic carbocycles. The van der Waals surface area contributed by atoms with E-state index in [1.807, 2.05) is 0 Å². The number of aromatic amines is 1. The van der Waals surface area contributed by atoms with Crippen LogP contribution in [0.4, 0.5) is 16.2 Å². The molecule has 2 saturated heterocycles. The van der Waals surface area contributed by atoms with Crippen LogP contribution in [0, 0.1) is 0 Å². The van der Waals surface area contributed by atoms with Crippen LogP contribution in [0.3, 0.4) is 0 Å². The van der Waals surface area contributed by atoms with E-state index in [0.29, 0.717) is 11.2 Å². The summed E-state index contributed by atoms with van der Waals surface area (Å²) in [6, 6.07) is 0. The summed E-state index contributed by atoms with van der Waals surface area (Å²) in [6.45, 7) is -3.95. The van der Waals surface area contributed by atoms with Gasteiger partial charge in [-0.05, 0) is 30.5 Å². The Balaban J connectivity index is 1.33. The predicted molar refractivity (Wildman–Crippen MR) is 167 cm³/mol. The minimum Gasteiger partial charge on any atom is -0.394 e. The van der Waals surface area contributed by atoms with Crippen molar-refractivity contribution in [3.63, 3.8) is 0 Å². The van der Waals surface area contributed by atoms with E-state index in [9.17, 15) is 19.7 Å². The average molecular weight is 723 g/mol. The maximum absolute atomic E-state index is 15.9. The molecule has 4 aromatic heterocycles. The van der Waals surface area contributed by atoms with Crippen LogP contribution >= 0.6 is 13.6 Å². The van der Waals surface area contributed by atoms with Crippen LogP contribution in [0.5, 0.6) is 0 Å². The second-order valence-electron chi connectivity index (χ2n) is 10.7. The van der Waals surface area contributed by atoms with Gasteiger partial charge in [0.1, 0.15) is 47.6 Å². The van der Waals surface area contributed by atoms with Crippen molar-refractivity contribution in [2.75, 3.05) is 31.8 Å². The van der Waals surface area contributed by atoms with Gasteiger partial charge in [0.2, 0.25) is 5.95 Å². The van der Waals surface area contributed by atoms with Crippen LogP contribution in [0.15, 0.2) is 23.8 Å². The van der Waals surface area contributed by atoms with Crippen molar-refractivity contribution < 1.29 is 42.5 Å². The lowest BCUT2D eigenvalue weighted by molar-refractivity contribution is -0.108. The molecule has 0 radical (unpaired) electrons. The average Bonchev–Trinajstić information content (AvgIpc) is 3.75. The van der Waals surface area contributed by atoms with Gasteiger partial charge in [-0.3, -0.25) is 18.9 Å². The number of methoxy groups -OCH3 is 1. The molecule has 2 fully saturated rings. The van der Waals surface area contributed by atoms with Crippen molar-refractivity contribution >= 4 is 71.4 Å². The number of alkyl halides is 1. The minimum atomic E-state index is -4.24. The van der Waals surface area contributed by atoms with Crippen LogP contribution in [0.1, 0.15) is 19.4 Å². The fourth-order valence-corrected chi connectivity index (χ4v) is 9.13. The third-order valence-corrected chi connectivity index (χ3v) is 11.4. The first-order valence-electron chi connectivity index (χ1n) is 13.4. The lowest BCUT2D eigenvalue weighted by atomic mass is 9.98. The predicted octanol–water partition coefficient (Wildman–Crippen LogP) is -0.775. The number of anilines is 2. The van der Waals surface area contributed by atoms with Crippen molar-refractivity contribution in [3.8, 4) is 0 Å². The van der Waals surface area contributed by atoms with Gasteiger partial charge < -0.3 is 49.6 Å². The number of nitrogens with one attached hydrogen (secondary N) is 1. The number of H-pyrrole nitrogens is 1. The van der Waals surface area contributed by atoms with Crippen molar-refractivity contribution in [1.29, 1.82) is 0 Å². The van der Waals surface area contributed by atoms with Gasteiger partial charge in [0.25, 0.3) is 5.56 Å². The van der Waals surface area contributed by atoms with E-state index in [1.54, 1.807) is 6.92 Å². The van der Waals surface area contributed by atoms with Gasteiger partial charge >= 0.3 is 0 Å². The van der Waals surface area contributed by atoms with E-state index >= 15 is 4.39 Å². The number of aliphatic hydroxyl groups excluding tert-OH is 1. The first-order valence-corrected chi connectivity index (χ1v) is 18.7. The number of imidazole rings is 2. The summed E-state index contributed by atoms with van der Waals surface area (Å²) < 4.78 is 48.1. The largest absolute Gasteiger partial charge is 0.394 e. The highest BCUT2D eigenvalue weighted by atomic mass is 32.5. The highest BCUT2D eigenvalue weighted by Crippen LogP contribution is 2.59. The molecule has 19 nitrogen and oxygen atoms in total. The molecule has 4 aromatic rings. The molecule has 0 aliphatic carbocycles. The normalized spacial score (nSPS) is 31.9. The Bertz CT molecular complexity index is 1920. The fourth-order valence-electron chi connectivity index (χ4n) is 5.70. The van der Waals surface area contributed by atoms with Gasteiger partial charge in [0, 0.05) is 7.11 Å². The summed E-state index contributed by atoms with van der Waals surface area (Å²) in [6.07, 6.45) is -4.04. The first kappa shape index (κ1) is 33.3. The van der Waals surface area contributed by atoms with Gasteiger partial charge in [0.15, 0.2) is 48.7 Å². The van der Waals surface area contributed by atoms with Gasteiger partial charge in [-0.25, -0.2) is 24.3 Å². The number of aliphatic hydroxyl groups is 1. The summed E-state index contributed by atoms with van der Waals surface area (Å²) in [5.74, 6) is -0.111. The van der Waals surface area contributed by atoms with Crippen LogP contribution in [0.2, 0.25) is 0 Å². The molecule has 3 unspecified atom stereocenters. The van der Waals surface area contributed by atoms with E-state index in [2.05, 4.69) is 29.9 Å². The van der Waals surface area contributed by atoms with Gasteiger partial charge in [-0.15, -0.1) is 0 Å². The summed E-state index contributed by atoms with van der Waals surface area (Å²) in [4.78, 5) is 57.0. The first-order chi connectivity index (χ1) is 21.8. The zero-order valence-corrected chi connectivity index (χ0v) is 27.4. The van der Waals surface area contributed by atoms with Gasteiger partial charge in [-0.1, -0.05) is 0 Å². The van der Waals surface area contributed by atoms with E-state index in [1.165, 1.54) is 28.9 Å². The summed E-state index contributed by atoms with van der Waals surface area (Å²) in [7, 11) is -1.38. The van der Waals surface area contributed by atoms with E-state index in [-0.39, 0.29) is 22.9 Å². The molecule has 6 rings (SSSR count). The van der Waals surface area contributed by atoms with Crippen LogP contribution in [-0.2, 0) is 46.9 Å². The second-order valence-corrected chi connectivity index (χ2v) is 16.1. The monoisotopic (exact) mass is 722 g/mol. The molecule has 0 bridgehead atoms. The molecule has 2 aliphatic heterocycles. The van der Waals surface area contributed by atoms with Crippen molar-refractivity contribution in [2.24, 2.45) is 0 Å². The second kappa shape index (κ2) is 12.5. The molecule has 0 spiro atoms. The fraction of sp³-hybridized carbons (Fsp3) is 0.545. The summed E-state index contributed by atoms with van der Waals surface area (Å²) in [5, 5.41) is 9.84. The maximum Gasteiger partial charge on any atom is 0.280 e. The molecule has 0 amide bonds. The lowest BCUT2D eigenvalue weighted by Gasteiger charge is -2.34. The van der Waals surface area contributed by atoms with Crippen LogP contribution in [0.25, 0.3) is 22.3 Å². The highest BCUT2D eigenvalue weighted by molar-refractivity contribution is 8.09. The number of ether oxygens (including phenoxy) is 3. The Morgan fingerprint density at radius 3 is 2.57 bits per heavy atom. The SMILES string of the molecule is CO[C@H]1[C@H](n2cnc3c(N)ncnc32)OC(C)(COP(O)(=S)[C@@H]2[C@@H](F)[C@@H](CO)O[C@H]2n2cnc3c(=O)[nH]c(N)nc32)[C@H]1O[PH](O)=S. The zero-order chi connectivity index (χ0) is 33.1. The Labute approximate surface area is 268 Å². The van der Waals surface area contributed by atoms with Crippen molar-refractivity contribution in [3.05, 3.63) is 29.3 Å². The van der Waals surface area contributed by atoms with E-state index in [0.717, 1.165) is 6.33 Å². The highest BCUT2D eigenvalue weighted by Gasteiger charge is 2.58. The Hall–Kier alpha value is -2.59. The number of nitrogen functional groups attached to an aromatic ring is 2. The molecular weight excluding hydrogens is 693 g/mol. The molecule has 0 saturated carbocycles. The van der Waals surface area contributed by atoms with Crippen molar-refractivity contribution in [2.45, 2.75) is 55.1 Å². The number of rotatable bonds is 10. The van der Waals surface area contributed by atoms with Crippen molar-refractivity contribution in [1.82, 2.24) is 39.0 Å². The molecule has 250 valence electrons. The Kier molecular flexibility index (Phi) is 9.02. The summed E-state index contributed by atoms with van der Waals surface area (Å²) >= 11 is 10.5. The minimum absolute atomic E-state index is 0.0672. The van der Waals surface area contributed by atoms with E-state index < -0.39 is 80.6 Å². The number of aromatic nitrogens is 8. The van der Waals surface area contributed by atoms with Crippen LogP contribution < -0.4 is 17.0 Å². The number of hydrogen-bond acceptors (Lipinski definition) is 16. The topological polar surface area (TPSA) is 266 Å². The molecule has 2 aliphatic rings. The number of hydrogen-bond donors (Lipinski definition) is 6. The molecule has 24 heteroatoms. The lowest BCUT2D eigenvalue weighted by Crippen LogP contribution is -2.46. The summed E-state index contributed by atoms with van der Waals surface area (Å²) in [5.41, 5.74) is 8.32. The molecule has 46 heavy (non-hydrogen) atoms. The van der Waals surface area contributed by atoms with Gasteiger partial charge in [0.05, 0.1) is 25.9 Å². The molecular formula is C22H29FN10O9P2S2. The Morgan fingerprint density at radius 1 is 1.20 bits per heavy atom. The van der Waals surface area contributed by atoms with E-state index in [4.69, 9.17) is 58.3 Å². The number of nitrogens with zero attached hydrogens (tertiary/aromatic N) is 7. The quantitative estimate of drug-likeness (QED) is 0.110. The Morgan fingerprint density at radius 2 is 1.89 bits per heavy atom. The number of fused-ring (bicyclic) bond motifs is 2. The molecule has 10 atom stereocenters. The van der Waals surface area contributed by atoms with Gasteiger partial charge in [-0.2, -0.15) is 4.98 Å². The smallest absolute Gasteiger partial charge is 0.280 e. The zero-order valence-electron chi connectivity index (χ0n) is 23.9. The number of halogens is 1. The third kappa shape index (κ3) is 5.65. The molecule has 6 heterocycles. The molecule has 8 N–H and O–H groups in total. The maximum atomic E-state index is 15.9. The number of nitrogens with two attached hydrogens (primary N) is 2.